The van der Waals surface area contributed by atoms with Crippen LogP contribution in [-0.2, 0) is 11.3 Å². The Labute approximate surface area is 90.3 Å². The van der Waals surface area contributed by atoms with Crippen LogP contribution in [0.15, 0.2) is 18.2 Å². The number of nitrogens with zero attached hydrogens (tertiary/aromatic N) is 1. The number of rotatable bonds is 5. The average Bonchev–Trinajstić information content (AvgIpc) is 2.15. The predicted molar refractivity (Wildman–Crippen MR) is 58.4 cm³/mol. The molecule has 1 heterocycles. The van der Waals surface area contributed by atoms with Gasteiger partial charge in [0.15, 0.2) is 0 Å². The molecular formula is C11H16ClNO. The molecule has 0 aliphatic carbocycles. The van der Waals surface area contributed by atoms with E-state index in [2.05, 4.69) is 18.8 Å². The topological polar surface area (TPSA) is 22.1 Å². The average molecular weight is 214 g/mol. The third-order valence-electron chi connectivity index (χ3n) is 1.98. The second-order valence-electron chi connectivity index (χ2n) is 3.36. The highest BCUT2D eigenvalue weighted by atomic mass is 35.5. The quantitative estimate of drug-likeness (QED) is 0.699. The minimum Gasteiger partial charge on any atom is -0.372 e. The molecule has 78 valence electrons. The zero-order chi connectivity index (χ0) is 10.4. The number of halogens is 1. The zero-order valence-corrected chi connectivity index (χ0v) is 9.42. The van der Waals surface area contributed by atoms with Crippen LogP contribution in [0.25, 0.3) is 0 Å². The van der Waals surface area contributed by atoms with E-state index in [0.29, 0.717) is 17.9 Å². The summed E-state index contributed by atoms with van der Waals surface area (Å²) in [6.07, 6.45) is 2.52. The molecule has 1 aromatic heterocycles. The fourth-order valence-electron chi connectivity index (χ4n) is 1.25. The third-order valence-corrected chi connectivity index (χ3v) is 2.19. The number of pyridine rings is 1. The molecule has 0 amide bonds. The highest BCUT2D eigenvalue weighted by Crippen LogP contribution is 2.08. The fourth-order valence-corrected chi connectivity index (χ4v) is 1.43. The van der Waals surface area contributed by atoms with Crippen molar-refractivity contribution in [2.24, 2.45) is 0 Å². The Morgan fingerprint density at radius 1 is 1.50 bits per heavy atom. The molecule has 0 spiro atoms. The van der Waals surface area contributed by atoms with Crippen LogP contribution in [0, 0.1) is 0 Å². The van der Waals surface area contributed by atoms with Gasteiger partial charge in [-0.05, 0) is 25.5 Å². The summed E-state index contributed by atoms with van der Waals surface area (Å²) in [5, 5.41) is 0.522. The van der Waals surface area contributed by atoms with Gasteiger partial charge in [0.05, 0.1) is 18.4 Å². The van der Waals surface area contributed by atoms with Crippen molar-refractivity contribution in [1.29, 1.82) is 0 Å². The van der Waals surface area contributed by atoms with Crippen LogP contribution in [0.4, 0.5) is 0 Å². The molecule has 0 saturated heterocycles. The molecule has 1 rings (SSSR count). The molecule has 0 aromatic carbocycles. The Hall–Kier alpha value is -0.600. The van der Waals surface area contributed by atoms with Crippen LogP contribution in [-0.4, -0.2) is 11.1 Å². The van der Waals surface area contributed by atoms with Gasteiger partial charge in [0.1, 0.15) is 5.15 Å². The van der Waals surface area contributed by atoms with Crippen LogP contribution in [0.1, 0.15) is 32.4 Å². The van der Waals surface area contributed by atoms with Crippen LogP contribution in [0.5, 0.6) is 0 Å². The molecule has 0 radical (unpaired) electrons. The summed E-state index contributed by atoms with van der Waals surface area (Å²) in [4.78, 5) is 4.15. The fraction of sp³-hybridized carbons (Fsp3) is 0.545. The normalized spacial score (nSPS) is 12.8. The van der Waals surface area contributed by atoms with Crippen molar-refractivity contribution in [2.45, 2.75) is 39.4 Å². The van der Waals surface area contributed by atoms with Crippen molar-refractivity contribution in [1.82, 2.24) is 4.98 Å². The minimum absolute atomic E-state index is 0.292. The standard InChI is InChI=1S/C11H16ClNO/c1-3-5-9(2)14-8-10-6-4-7-11(12)13-10/h4,6-7,9H,3,5,8H2,1-2H3. The van der Waals surface area contributed by atoms with Gasteiger partial charge in [0.2, 0.25) is 0 Å². The Morgan fingerprint density at radius 3 is 2.93 bits per heavy atom. The van der Waals surface area contributed by atoms with E-state index in [4.69, 9.17) is 16.3 Å². The van der Waals surface area contributed by atoms with E-state index < -0.39 is 0 Å². The van der Waals surface area contributed by atoms with Crippen molar-refractivity contribution >= 4 is 11.6 Å². The summed E-state index contributed by atoms with van der Waals surface area (Å²) in [6, 6.07) is 5.57. The van der Waals surface area contributed by atoms with Gasteiger partial charge in [0, 0.05) is 0 Å². The first-order valence-corrected chi connectivity index (χ1v) is 5.33. The molecule has 0 N–H and O–H groups in total. The van der Waals surface area contributed by atoms with Crippen molar-refractivity contribution in [3.8, 4) is 0 Å². The maximum absolute atomic E-state index is 5.75. The van der Waals surface area contributed by atoms with Gasteiger partial charge >= 0.3 is 0 Å². The lowest BCUT2D eigenvalue weighted by molar-refractivity contribution is 0.0453. The Morgan fingerprint density at radius 2 is 2.29 bits per heavy atom. The number of aromatic nitrogens is 1. The summed E-state index contributed by atoms with van der Waals surface area (Å²) < 4.78 is 5.60. The van der Waals surface area contributed by atoms with Crippen LogP contribution in [0.3, 0.4) is 0 Å². The Kier molecular flexibility index (Phi) is 4.91. The number of ether oxygens (including phenoxy) is 1. The van der Waals surface area contributed by atoms with Gasteiger partial charge in [-0.1, -0.05) is 31.0 Å². The van der Waals surface area contributed by atoms with Crippen molar-refractivity contribution in [3.05, 3.63) is 29.0 Å². The lowest BCUT2D eigenvalue weighted by atomic mass is 10.2. The maximum Gasteiger partial charge on any atom is 0.129 e. The largest absolute Gasteiger partial charge is 0.372 e. The van der Waals surface area contributed by atoms with Gasteiger partial charge < -0.3 is 4.74 Å². The molecule has 0 saturated carbocycles. The van der Waals surface area contributed by atoms with Crippen molar-refractivity contribution < 1.29 is 4.74 Å². The van der Waals surface area contributed by atoms with Gasteiger partial charge in [0.25, 0.3) is 0 Å². The zero-order valence-electron chi connectivity index (χ0n) is 8.66. The highest BCUT2D eigenvalue weighted by Gasteiger charge is 2.02. The highest BCUT2D eigenvalue weighted by molar-refractivity contribution is 6.29. The van der Waals surface area contributed by atoms with Crippen molar-refractivity contribution in [2.75, 3.05) is 0 Å². The van der Waals surface area contributed by atoms with E-state index in [1.165, 1.54) is 0 Å². The van der Waals surface area contributed by atoms with E-state index in [-0.39, 0.29) is 0 Å². The maximum atomic E-state index is 5.75. The third kappa shape index (κ3) is 4.07. The number of hydrogen-bond acceptors (Lipinski definition) is 2. The molecule has 0 aliphatic heterocycles. The molecule has 14 heavy (non-hydrogen) atoms. The second-order valence-corrected chi connectivity index (χ2v) is 3.75. The van der Waals surface area contributed by atoms with Gasteiger partial charge in [-0.2, -0.15) is 0 Å². The van der Waals surface area contributed by atoms with Gasteiger partial charge in [-0.15, -0.1) is 0 Å². The van der Waals surface area contributed by atoms with Gasteiger partial charge in [-0.25, -0.2) is 4.98 Å². The van der Waals surface area contributed by atoms with Crippen LogP contribution < -0.4 is 0 Å². The van der Waals surface area contributed by atoms with E-state index >= 15 is 0 Å². The first-order valence-electron chi connectivity index (χ1n) is 4.95. The smallest absolute Gasteiger partial charge is 0.129 e. The molecule has 0 bridgehead atoms. The molecule has 1 aromatic rings. The van der Waals surface area contributed by atoms with Crippen LogP contribution >= 0.6 is 11.6 Å². The molecule has 1 unspecified atom stereocenters. The van der Waals surface area contributed by atoms with E-state index in [9.17, 15) is 0 Å². The Bertz CT molecular complexity index is 278. The number of hydrogen-bond donors (Lipinski definition) is 0. The van der Waals surface area contributed by atoms with E-state index in [1.54, 1.807) is 6.07 Å². The molecule has 3 heteroatoms. The second kappa shape index (κ2) is 5.99. The van der Waals surface area contributed by atoms with Gasteiger partial charge in [-0.3, -0.25) is 0 Å². The van der Waals surface area contributed by atoms with E-state index in [1.807, 2.05) is 12.1 Å². The summed E-state index contributed by atoms with van der Waals surface area (Å²) >= 11 is 5.75. The first kappa shape index (κ1) is 11.5. The molecule has 1 atom stereocenters. The summed E-state index contributed by atoms with van der Waals surface area (Å²) in [6.45, 7) is 4.77. The lowest BCUT2D eigenvalue weighted by Crippen LogP contribution is -2.08. The molecule has 2 nitrogen and oxygen atoms in total. The van der Waals surface area contributed by atoms with Crippen LogP contribution in [0.2, 0.25) is 5.15 Å². The minimum atomic E-state index is 0.292. The first-order chi connectivity index (χ1) is 6.72. The predicted octanol–water partition coefficient (Wildman–Crippen LogP) is 3.44. The molecule has 0 aliphatic rings. The summed E-state index contributed by atoms with van der Waals surface area (Å²) in [5.74, 6) is 0. The van der Waals surface area contributed by atoms with Crippen molar-refractivity contribution in [3.63, 3.8) is 0 Å². The SMILES string of the molecule is CCCC(C)OCc1cccc(Cl)n1. The molecule has 0 fully saturated rings. The molecular weight excluding hydrogens is 198 g/mol. The lowest BCUT2D eigenvalue weighted by Gasteiger charge is -2.11. The Balaban J connectivity index is 2.37. The summed E-state index contributed by atoms with van der Waals surface area (Å²) in [7, 11) is 0. The summed E-state index contributed by atoms with van der Waals surface area (Å²) in [5.41, 5.74) is 0.889. The monoisotopic (exact) mass is 213 g/mol. The van der Waals surface area contributed by atoms with E-state index in [0.717, 1.165) is 18.5 Å².